The average Bonchev–Trinajstić information content (AvgIpc) is 3.64. The van der Waals surface area contributed by atoms with E-state index in [4.69, 9.17) is 20.4 Å². The van der Waals surface area contributed by atoms with Crippen LogP contribution in [0.5, 0.6) is 0 Å². The second kappa shape index (κ2) is 12.3. The van der Waals surface area contributed by atoms with Crippen molar-refractivity contribution in [3.8, 4) is 0 Å². The molecule has 10 heteroatoms. The van der Waals surface area contributed by atoms with Crippen LogP contribution in [0.25, 0.3) is 11.1 Å². The lowest BCUT2D eigenvalue weighted by Crippen LogP contribution is -2.29. The van der Waals surface area contributed by atoms with Crippen LogP contribution in [-0.4, -0.2) is 39.1 Å². The van der Waals surface area contributed by atoms with Crippen LogP contribution in [0.15, 0.2) is 92.9 Å². The first-order chi connectivity index (χ1) is 19.4. The van der Waals surface area contributed by atoms with E-state index in [9.17, 15) is 14.7 Å². The van der Waals surface area contributed by atoms with E-state index in [0.29, 0.717) is 53.7 Å². The molecule has 0 bridgehead atoms. The average molecular weight is 561 g/mol. The quantitative estimate of drug-likeness (QED) is 0.243. The number of aliphatic hydroxyl groups is 1. The minimum absolute atomic E-state index is 0.0245. The van der Waals surface area contributed by atoms with Gasteiger partial charge in [0.1, 0.15) is 23.2 Å². The lowest BCUT2D eigenvalue weighted by Gasteiger charge is -2.18. The summed E-state index contributed by atoms with van der Waals surface area (Å²) in [6.07, 6.45) is 4.56. The van der Waals surface area contributed by atoms with Gasteiger partial charge in [0.2, 0.25) is 11.1 Å². The van der Waals surface area contributed by atoms with E-state index in [2.05, 4.69) is 10.3 Å². The molecule has 1 aromatic carbocycles. The van der Waals surface area contributed by atoms with Crippen molar-refractivity contribution in [3.05, 3.63) is 123 Å². The maximum atomic E-state index is 13.5. The fourth-order valence-corrected chi connectivity index (χ4v) is 4.61. The summed E-state index contributed by atoms with van der Waals surface area (Å²) in [7, 11) is 1.84. The molecule has 1 atom stereocenters. The van der Waals surface area contributed by atoms with Crippen molar-refractivity contribution in [2.24, 2.45) is 0 Å². The highest BCUT2D eigenvalue weighted by Gasteiger charge is 2.21. The molecule has 4 aromatic heterocycles. The third kappa shape index (κ3) is 6.51. The Morgan fingerprint density at radius 2 is 2.00 bits per heavy atom. The third-order valence-corrected chi connectivity index (χ3v) is 6.78. The number of pyridine rings is 2. The van der Waals surface area contributed by atoms with Crippen LogP contribution in [-0.2, 0) is 26.1 Å². The van der Waals surface area contributed by atoms with Crippen LogP contribution in [0.3, 0.4) is 0 Å². The predicted octanol–water partition coefficient (Wildman–Crippen LogP) is 4.57. The second-order valence-electron chi connectivity index (χ2n) is 9.61. The molecule has 1 amide bonds. The summed E-state index contributed by atoms with van der Waals surface area (Å²) < 4.78 is 13.2. The van der Waals surface area contributed by atoms with Crippen molar-refractivity contribution in [1.29, 1.82) is 0 Å². The molecule has 40 heavy (non-hydrogen) atoms. The van der Waals surface area contributed by atoms with Crippen molar-refractivity contribution < 1.29 is 18.7 Å². The highest BCUT2D eigenvalue weighted by Crippen LogP contribution is 2.21. The van der Waals surface area contributed by atoms with E-state index >= 15 is 0 Å². The summed E-state index contributed by atoms with van der Waals surface area (Å²) in [5, 5.41) is 14.2. The van der Waals surface area contributed by atoms with Gasteiger partial charge in [0.25, 0.3) is 5.91 Å². The molecule has 0 aliphatic rings. The van der Waals surface area contributed by atoms with Gasteiger partial charge in [-0.1, -0.05) is 29.8 Å². The fraction of sp³-hybridized carbons (Fsp3) is 0.233. The number of rotatable bonds is 11. The number of hydrogen-bond donors (Lipinski definition) is 2. The van der Waals surface area contributed by atoms with Crippen LogP contribution in [0.2, 0.25) is 5.02 Å². The SMILES string of the molecule is CN(Cc1cc2c(=O)c(C(=O)NCc3ccc(Cl)cc3)cn(CCc3ccccn3)c2o1)C[C@@H](O)c1ccco1. The van der Waals surface area contributed by atoms with Gasteiger partial charge in [-0.3, -0.25) is 19.5 Å². The van der Waals surface area contributed by atoms with E-state index < -0.39 is 17.4 Å². The summed E-state index contributed by atoms with van der Waals surface area (Å²) in [6, 6.07) is 17.9. The smallest absolute Gasteiger partial charge is 0.257 e. The number of furan rings is 2. The van der Waals surface area contributed by atoms with Gasteiger partial charge in [-0.2, -0.15) is 0 Å². The van der Waals surface area contributed by atoms with Gasteiger partial charge in [0.05, 0.1) is 18.2 Å². The molecule has 4 heterocycles. The normalized spacial score (nSPS) is 12.2. The molecule has 0 saturated carbocycles. The Hall–Kier alpha value is -4.18. The number of aromatic nitrogens is 2. The van der Waals surface area contributed by atoms with Gasteiger partial charge in [-0.15, -0.1) is 0 Å². The van der Waals surface area contributed by atoms with Gasteiger partial charge in [0, 0.05) is 49.2 Å². The molecule has 0 spiro atoms. The van der Waals surface area contributed by atoms with Crippen LogP contribution in [0.1, 0.15) is 39.2 Å². The number of fused-ring (bicyclic) bond motifs is 1. The van der Waals surface area contributed by atoms with Gasteiger partial charge < -0.3 is 23.8 Å². The number of aliphatic hydroxyl groups excluding tert-OH is 1. The monoisotopic (exact) mass is 560 g/mol. The summed E-state index contributed by atoms with van der Waals surface area (Å²) >= 11 is 5.95. The topological polar surface area (TPSA) is 114 Å². The van der Waals surface area contributed by atoms with Gasteiger partial charge in [0.15, 0.2) is 0 Å². The Balaban J connectivity index is 1.40. The Morgan fingerprint density at radius 3 is 2.73 bits per heavy atom. The number of nitrogens with one attached hydrogen (secondary N) is 1. The molecule has 5 aromatic rings. The number of hydrogen-bond acceptors (Lipinski definition) is 7. The molecule has 0 radical (unpaired) electrons. The minimum Gasteiger partial charge on any atom is -0.467 e. The summed E-state index contributed by atoms with van der Waals surface area (Å²) in [6.45, 7) is 1.34. The molecule has 0 aliphatic carbocycles. The summed E-state index contributed by atoms with van der Waals surface area (Å²) in [4.78, 5) is 32.9. The first-order valence-corrected chi connectivity index (χ1v) is 13.2. The Bertz CT molecular complexity index is 1630. The number of carbonyl (C=O) groups is 1. The van der Waals surface area contributed by atoms with E-state index in [1.54, 1.807) is 47.3 Å². The lowest BCUT2D eigenvalue weighted by atomic mass is 10.1. The zero-order valence-corrected chi connectivity index (χ0v) is 22.7. The molecule has 0 aliphatic heterocycles. The standard InChI is InChI=1S/C30H29ClN4O5/c1-34(19-26(36)27-6-4-14-39-27)17-23-15-24-28(37)25(29(38)33-16-20-7-9-21(31)10-8-20)18-35(30(24)40-23)13-11-22-5-2-3-12-32-22/h2-10,12,14-15,18,26,36H,11,13,16-17,19H2,1H3,(H,33,38)/t26-/m1/s1. The number of nitrogens with zero attached hydrogens (tertiary/aromatic N) is 3. The Morgan fingerprint density at radius 1 is 1.18 bits per heavy atom. The number of aryl methyl sites for hydroxylation is 2. The first kappa shape index (κ1) is 27.4. The van der Waals surface area contributed by atoms with Crippen molar-refractivity contribution in [1.82, 2.24) is 19.8 Å². The van der Waals surface area contributed by atoms with Crippen LogP contribution in [0, 0.1) is 0 Å². The molecule has 0 fully saturated rings. The number of likely N-dealkylation sites (N-methyl/N-ethyl adjacent to an activating group) is 1. The molecular weight excluding hydrogens is 532 g/mol. The summed E-state index contributed by atoms with van der Waals surface area (Å²) in [5.41, 5.74) is 1.73. The number of halogens is 1. The van der Waals surface area contributed by atoms with Crippen LogP contribution in [0.4, 0.5) is 0 Å². The minimum atomic E-state index is -0.807. The number of amides is 1. The second-order valence-corrected chi connectivity index (χ2v) is 10.0. The van der Waals surface area contributed by atoms with Crippen LogP contribution >= 0.6 is 11.6 Å². The van der Waals surface area contributed by atoms with E-state index in [-0.39, 0.29) is 12.1 Å². The molecule has 9 nitrogen and oxygen atoms in total. The molecule has 206 valence electrons. The van der Waals surface area contributed by atoms with E-state index in [1.807, 2.05) is 42.3 Å². The maximum absolute atomic E-state index is 13.5. The first-order valence-electron chi connectivity index (χ1n) is 12.9. The highest BCUT2D eigenvalue weighted by molar-refractivity contribution is 6.30. The fourth-order valence-electron chi connectivity index (χ4n) is 4.49. The molecule has 5 rings (SSSR count). The van der Waals surface area contributed by atoms with Crippen molar-refractivity contribution in [3.63, 3.8) is 0 Å². The molecular formula is C30H29ClN4O5. The van der Waals surface area contributed by atoms with Crippen molar-refractivity contribution in [2.75, 3.05) is 13.6 Å². The molecule has 0 unspecified atom stereocenters. The highest BCUT2D eigenvalue weighted by atomic mass is 35.5. The maximum Gasteiger partial charge on any atom is 0.257 e. The Kier molecular flexibility index (Phi) is 8.45. The predicted molar refractivity (Wildman–Crippen MR) is 151 cm³/mol. The number of carbonyl (C=O) groups excluding carboxylic acids is 1. The third-order valence-electron chi connectivity index (χ3n) is 6.53. The zero-order chi connectivity index (χ0) is 28.1. The van der Waals surface area contributed by atoms with Crippen molar-refractivity contribution >= 4 is 28.6 Å². The largest absolute Gasteiger partial charge is 0.467 e. The summed E-state index contributed by atoms with van der Waals surface area (Å²) in [5.74, 6) is 0.529. The van der Waals surface area contributed by atoms with Gasteiger partial charge >= 0.3 is 0 Å². The van der Waals surface area contributed by atoms with E-state index in [1.165, 1.54) is 6.26 Å². The Labute approximate surface area is 235 Å². The van der Waals surface area contributed by atoms with Crippen LogP contribution < -0.4 is 10.7 Å². The molecule has 0 saturated heterocycles. The number of benzene rings is 1. The lowest BCUT2D eigenvalue weighted by molar-refractivity contribution is 0.0949. The van der Waals surface area contributed by atoms with Gasteiger partial charge in [-0.05, 0) is 55.1 Å². The molecule has 2 N–H and O–H groups in total. The zero-order valence-electron chi connectivity index (χ0n) is 21.9. The van der Waals surface area contributed by atoms with E-state index in [0.717, 1.165) is 11.3 Å². The van der Waals surface area contributed by atoms with Gasteiger partial charge in [-0.25, -0.2) is 0 Å². The van der Waals surface area contributed by atoms with Crippen molar-refractivity contribution in [2.45, 2.75) is 32.2 Å².